The van der Waals surface area contributed by atoms with Crippen molar-refractivity contribution in [1.82, 2.24) is 14.8 Å². The SMILES string of the molecule is O=c1[nH]c(S(=O)(=O)Nc2c(F)cccc2F)nn1-c1ccccc1. The molecule has 7 nitrogen and oxygen atoms in total. The molecule has 2 aromatic carbocycles. The predicted molar refractivity (Wildman–Crippen MR) is 81.4 cm³/mol. The van der Waals surface area contributed by atoms with Crippen molar-refractivity contribution in [3.8, 4) is 5.69 Å². The zero-order chi connectivity index (χ0) is 17.3. The van der Waals surface area contributed by atoms with Crippen molar-refractivity contribution in [3.63, 3.8) is 0 Å². The van der Waals surface area contributed by atoms with Crippen molar-refractivity contribution in [2.75, 3.05) is 4.72 Å². The van der Waals surface area contributed by atoms with Crippen LogP contribution in [0.5, 0.6) is 0 Å². The lowest BCUT2D eigenvalue weighted by molar-refractivity contribution is 0.578. The predicted octanol–water partition coefficient (Wildman–Crippen LogP) is 1.64. The van der Waals surface area contributed by atoms with E-state index in [1.165, 1.54) is 0 Å². The molecule has 0 radical (unpaired) electrons. The first-order valence-electron chi connectivity index (χ1n) is 6.60. The molecule has 3 aromatic rings. The summed E-state index contributed by atoms with van der Waals surface area (Å²) < 4.78 is 54.2. The molecule has 0 aliphatic heterocycles. The number of hydrogen-bond donors (Lipinski definition) is 2. The molecule has 0 atom stereocenters. The average molecular weight is 352 g/mol. The number of anilines is 1. The summed E-state index contributed by atoms with van der Waals surface area (Å²) >= 11 is 0. The van der Waals surface area contributed by atoms with E-state index in [1.807, 2.05) is 4.98 Å². The van der Waals surface area contributed by atoms with Crippen molar-refractivity contribution < 1.29 is 17.2 Å². The van der Waals surface area contributed by atoms with Gasteiger partial charge >= 0.3 is 5.69 Å². The standard InChI is InChI=1S/C14H10F2N4O3S/c15-10-7-4-8-11(16)12(10)19-24(22,23)13-17-14(21)20(18-13)9-5-2-1-3-6-9/h1-8,19H,(H,17,18,21). The molecule has 1 heterocycles. The minimum atomic E-state index is -4.49. The van der Waals surface area contributed by atoms with E-state index in [-0.39, 0.29) is 0 Å². The zero-order valence-electron chi connectivity index (χ0n) is 11.9. The van der Waals surface area contributed by atoms with Crippen LogP contribution < -0.4 is 10.4 Å². The maximum atomic E-state index is 13.6. The fourth-order valence-electron chi connectivity index (χ4n) is 1.95. The largest absolute Gasteiger partial charge is 0.348 e. The average Bonchev–Trinajstić information content (AvgIpc) is 2.95. The Morgan fingerprint density at radius 1 is 1.00 bits per heavy atom. The Balaban J connectivity index is 2.01. The number of rotatable bonds is 4. The van der Waals surface area contributed by atoms with Crippen LogP contribution in [0.15, 0.2) is 58.5 Å². The third kappa shape index (κ3) is 2.91. The molecule has 0 amide bonds. The van der Waals surface area contributed by atoms with Crippen molar-refractivity contribution in [2.45, 2.75) is 5.16 Å². The van der Waals surface area contributed by atoms with Crippen LogP contribution in [-0.4, -0.2) is 23.2 Å². The second kappa shape index (κ2) is 5.89. The van der Waals surface area contributed by atoms with E-state index >= 15 is 0 Å². The fraction of sp³-hybridized carbons (Fsp3) is 0. The number of nitrogens with zero attached hydrogens (tertiary/aromatic N) is 2. The Hall–Kier alpha value is -3.01. The van der Waals surface area contributed by atoms with Gasteiger partial charge in [-0.15, -0.1) is 5.10 Å². The number of halogens is 2. The Bertz CT molecular complexity index is 1030. The van der Waals surface area contributed by atoms with Gasteiger partial charge in [-0.1, -0.05) is 24.3 Å². The lowest BCUT2D eigenvalue weighted by Gasteiger charge is -2.07. The molecule has 0 saturated heterocycles. The molecule has 0 unspecified atom stereocenters. The molecular formula is C14H10F2N4O3S. The second-order valence-corrected chi connectivity index (χ2v) is 6.28. The smallest absolute Gasteiger partial charge is 0.278 e. The van der Waals surface area contributed by atoms with Gasteiger partial charge in [-0.05, 0) is 24.3 Å². The lowest BCUT2D eigenvalue weighted by Crippen LogP contribution is -2.17. The van der Waals surface area contributed by atoms with Crippen molar-refractivity contribution in [3.05, 3.63) is 70.6 Å². The number of hydrogen-bond acceptors (Lipinski definition) is 4. The van der Waals surface area contributed by atoms with Gasteiger partial charge in [0.05, 0.1) is 5.69 Å². The molecule has 0 aliphatic rings. The Labute approximate surface area is 134 Å². The molecule has 0 saturated carbocycles. The van der Waals surface area contributed by atoms with Crippen molar-refractivity contribution >= 4 is 15.7 Å². The molecule has 3 rings (SSSR count). The first kappa shape index (κ1) is 15.9. The van der Waals surface area contributed by atoms with E-state index in [0.29, 0.717) is 5.69 Å². The molecule has 0 fully saturated rings. The molecule has 0 bridgehead atoms. The third-order valence-corrected chi connectivity index (χ3v) is 4.22. The minimum Gasteiger partial charge on any atom is -0.278 e. The van der Waals surface area contributed by atoms with Crippen molar-refractivity contribution in [2.24, 2.45) is 0 Å². The number of aromatic nitrogens is 3. The van der Waals surface area contributed by atoms with E-state index < -0.39 is 38.2 Å². The number of nitrogens with one attached hydrogen (secondary N) is 2. The summed E-state index contributed by atoms with van der Waals surface area (Å²) in [4.78, 5) is 13.9. The lowest BCUT2D eigenvalue weighted by atomic mass is 10.3. The van der Waals surface area contributed by atoms with Gasteiger partial charge < -0.3 is 0 Å². The van der Waals surface area contributed by atoms with Gasteiger partial charge in [0.15, 0.2) is 0 Å². The number of benzene rings is 2. The van der Waals surface area contributed by atoms with Crippen LogP contribution in [0.1, 0.15) is 0 Å². The zero-order valence-corrected chi connectivity index (χ0v) is 12.7. The van der Waals surface area contributed by atoms with Gasteiger partial charge in [0.1, 0.15) is 17.3 Å². The topological polar surface area (TPSA) is 96.8 Å². The number of para-hydroxylation sites is 2. The molecule has 0 aliphatic carbocycles. The minimum absolute atomic E-state index is 0.331. The second-order valence-electron chi connectivity index (χ2n) is 4.68. The van der Waals surface area contributed by atoms with Crippen LogP contribution in [0, 0.1) is 11.6 Å². The molecule has 24 heavy (non-hydrogen) atoms. The van der Waals surface area contributed by atoms with Gasteiger partial charge in [-0.25, -0.2) is 13.6 Å². The highest BCUT2D eigenvalue weighted by molar-refractivity contribution is 7.92. The molecular weight excluding hydrogens is 342 g/mol. The first-order valence-corrected chi connectivity index (χ1v) is 8.08. The van der Waals surface area contributed by atoms with Crippen LogP contribution in [0.2, 0.25) is 0 Å². The highest BCUT2D eigenvalue weighted by Gasteiger charge is 2.24. The maximum absolute atomic E-state index is 13.6. The third-order valence-electron chi connectivity index (χ3n) is 3.05. The summed E-state index contributed by atoms with van der Waals surface area (Å²) in [5.74, 6) is -2.19. The summed E-state index contributed by atoms with van der Waals surface area (Å²) in [5.41, 5.74) is -1.33. The van der Waals surface area contributed by atoms with E-state index in [4.69, 9.17) is 0 Å². The van der Waals surface area contributed by atoms with E-state index in [9.17, 15) is 22.0 Å². The van der Waals surface area contributed by atoms with Gasteiger partial charge in [-0.3, -0.25) is 9.71 Å². The molecule has 10 heteroatoms. The Morgan fingerprint density at radius 2 is 1.62 bits per heavy atom. The van der Waals surface area contributed by atoms with E-state index in [1.54, 1.807) is 35.1 Å². The van der Waals surface area contributed by atoms with Gasteiger partial charge in [0.25, 0.3) is 15.2 Å². The van der Waals surface area contributed by atoms with Crippen molar-refractivity contribution in [1.29, 1.82) is 0 Å². The highest BCUT2D eigenvalue weighted by Crippen LogP contribution is 2.20. The Morgan fingerprint density at radius 3 is 2.25 bits per heavy atom. The quantitative estimate of drug-likeness (QED) is 0.746. The van der Waals surface area contributed by atoms with Gasteiger partial charge in [0.2, 0.25) is 0 Å². The summed E-state index contributed by atoms with van der Waals surface area (Å²) in [6.45, 7) is 0. The maximum Gasteiger partial charge on any atom is 0.348 e. The van der Waals surface area contributed by atoms with Crippen LogP contribution >= 0.6 is 0 Å². The summed E-state index contributed by atoms with van der Waals surface area (Å²) in [6, 6.07) is 11.0. The van der Waals surface area contributed by atoms with Crippen LogP contribution in [0.25, 0.3) is 5.69 Å². The number of sulfonamides is 1. The van der Waals surface area contributed by atoms with Crippen LogP contribution in [-0.2, 0) is 10.0 Å². The highest BCUT2D eigenvalue weighted by atomic mass is 32.2. The number of H-pyrrole nitrogens is 1. The Kier molecular flexibility index (Phi) is 3.89. The van der Waals surface area contributed by atoms with Gasteiger partial charge in [-0.2, -0.15) is 13.1 Å². The summed E-state index contributed by atoms with van der Waals surface area (Å²) in [7, 11) is -4.49. The summed E-state index contributed by atoms with van der Waals surface area (Å²) in [6.07, 6.45) is 0. The molecule has 2 N–H and O–H groups in total. The van der Waals surface area contributed by atoms with E-state index in [2.05, 4.69) is 5.10 Å². The molecule has 124 valence electrons. The van der Waals surface area contributed by atoms with E-state index in [0.717, 1.165) is 22.9 Å². The normalized spacial score (nSPS) is 11.4. The van der Waals surface area contributed by atoms with Gasteiger partial charge in [0, 0.05) is 0 Å². The first-order chi connectivity index (χ1) is 11.4. The summed E-state index contributed by atoms with van der Waals surface area (Å²) in [5, 5.41) is 2.90. The number of aromatic amines is 1. The van der Waals surface area contributed by atoms with Crippen LogP contribution in [0.4, 0.5) is 14.5 Å². The monoisotopic (exact) mass is 352 g/mol. The fourth-order valence-corrected chi connectivity index (χ4v) is 2.92. The molecule has 1 aromatic heterocycles. The molecule has 0 spiro atoms. The van der Waals surface area contributed by atoms with Crippen LogP contribution in [0.3, 0.4) is 0 Å².